The monoisotopic (exact) mass is 235 g/mol. The first-order valence-corrected chi connectivity index (χ1v) is 5.93. The molecule has 4 nitrogen and oxygen atoms in total. The number of nitrogens with zero attached hydrogens (tertiary/aromatic N) is 1. The second kappa shape index (κ2) is 4.73. The lowest BCUT2D eigenvalue weighted by Gasteiger charge is -2.32. The van der Waals surface area contributed by atoms with Crippen molar-refractivity contribution >= 4 is 11.9 Å². The maximum absolute atomic E-state index is 11.4. The van der Waals surface area contributed by atoms with E-state index in [1.807, 2.05) is 19.9 Å². The molecule has 0 saturated carbocycles. The molecule has 0 aromatic heterocycles. The Morgan fingerprint density at radius 3 is 2.94 bits per heavy atom. The summed E-state index contributed by atoms with van der Waals surface area (Å²) in [5, 5.41) is 0. The minimum absolute atomic E-state index is 0.101. The average Bonchev–Trinajstić information content (AvgIpc) is 2.72. The number of carbonyl (C=O) groups is 1. The van der Waals surface area contributed by atoms with Crippen molar-refractivity contribution < 1.29 is 14.3 Å². The van der Waals surface area contributed by atoms with Crippen LogP contribution in [0.3, 0.4) is 0 Å². The van der Waals surface area contributed by atoms with Gasteiger partial charge in [-0.15, -0.1) is 0 Å². The Labute approximate surface area is 101 Å². The van der Waals surface area contributed by atoms with Gasteiger partial charge in [0.1, 0.15) is 6.10 Å². The Morgan fingerprint density at radius 2 is 2.24 bits per heavy atom. The van der Waals surface area contributed by atoms with Gasteiger partial charge in [0.2, 0.25) is 0 Å². The molecule has 1 heterocycles. The van der Waals surface area contributed by atoms with Gasteiger partial charge < -0.3 is 9.47 Å². The van der Waals surface area contributed by atoms with Crippen LogP contribution in [0.2, 0.25) is 0 Å². The molecule has 3 atom stereocenters. The highest BCUT2D eigenvalue weighted by atomic mass is 16.7. The standard InChI is InChI=1S/C13H17NO3/c1-4-16-13(15)17-12-8(2)7-10-5-6-14-11(10)9(12)3/h5-9,12H,4H2,1-3H3. The Balaban J connectivity index is 2.11. The van der Waals surface area contributed by atoms with Crippen LogP contribution in [-0.4, -0.2) is 24.6 Å². The van der Waals surface area contributed by atoms with Crippen LogP contribution in [0, 0.1) is 11.8 Å². The molecule has 0 amide bonds. The fourth-order valence-corrected chi connectivity index (χ4v) is 2.34. The average molecular weight is 235 g/mol. The van der Waals surface area contributed by atoms with E-state index in [-0.39, 0.29) is 17.9 Å². The molecule has 0 saturated heterocycles. The molecule has 2 rings (SSSR count). The number of fused-ring (bicyclic) bond motifs is 1. The molecule has 0 spiro atoms. The van der Waals surface area contributed by atoms with E-state index in [9.17, 15) is 4.79 Å². The smallest absolute Gasteiger partial charge is 0.435 e. The summed E-state index contributed by atoms with van der Waals surface area (Å²) in [6.45, 7) is 6.16. The fourth-order valence-electron chi connectivity index (χ4n) is 2.34. The Morgan fingerprint density at radius 1 is 1.47 bits per heavy atom. The zero-order valence-electron chi connectivity index (χ0n) is 10.3. The van der Waals surface area contributed by atoms with Crippen LogP contribution in [0.1, 0.15) is 20.8 Å². The zero-order chi connectivity index (χ0) is 12.4. The highest BCUT2D eigenvalue weighted by Crippen LogP contribution is 2.32. The largest absolute Gasteiger partial charge is 0.508 e. The van der Waals surface area contributed by atoms with E-state index >= 15 is 0 Å². The first-order valence-electron chi connectivity index (χ1n) is 5.93. The molecule has 0 N–H and O–H groups in total. The van der Waals surface area contributed by atoms with Crippen LogP contribution < -0.4 is 0 Å². The molecule has 92 valence electrons. The first kappa shape index (κ1) is 11.9. The first-order chi connectivity index (χ1) is 8.13. The molecule has 2 aliphatic rings. The number of carbonyl (C=O) groups excluding carboxylic acids is 1. The van der Waals surface area contributed by atoms with Gasteiger partial charge in [-0.25, -0.2) is 4.79 Å². The minimum atomic E-state index is -0.598. The molecule has 0 fully saturated rings. The maximum atomic E-state index is 11.4. The SMILES string of the molecule is CCOC(=O)OC1C(C)C=C2C=CN=C2C1C. The molecule has 0 aromatic carbocycles. The van der Waals surface area contributed by atoms with E-state index in [1.54, 1.807) is 13.1 Å². The van der Waals surface area contributed by atoms with Crippen molar-refractivity contribution in [3.05, 3.63) is 23.9 Å². The summed E-state index contributed by atoms with van der Waals surface area (Å²) < 4.78 is 10.2. The van der Waals surface area contributed by atoms with Crippen molar-refractivity contribution in [3.63, 3.8) is 0 Å². The Kier molecular flexibility index (Phi) is 3.31. The summed E-state index contributed by atoms with van der Waals surface area (Å²) in [6, 6.07) is 0. The molecular formula is C13H17NO3. The predicted octanol–water partition coefficient (Wildman–Crippen LogP) is 2.71. The van der Waals surface area contributed by atoms with E-state index in [0.29, 0.717) is 6.61 Å². The number of rotatable bonds is 2. The van der Waals surface area contributed by atoms with E-state index in [4.69, 9.17) is 9.47 Å². The zero-order valence-corrected chi connectivity index (χ0v) is 10.3. The van der Waals surface area contributed by atoms with Gasteiger partial charge >= 0.3 is 6.16 Å². The van der Waals surface area contributed by atoms with Gasteiger partial charge in [-0.2, -0.15) is 0 Å². The lowest BCUT2D eigenvalue weighted by Crippen LogP contribution is -2.38. The third-order valence-electron chi connectivity index (χ3n) is 3.14. The van der Waals surface area contributed by atoms with Crippen LogP contribution in [0.5, 0.6) is 0 Å². The normalized spacial score (nSPS) is 30.4. The van der Waals surface area contributed by atoms with E-state index in [0.717, 1.165) is 11.3 Å². The number of ether oxygens (including phenoxy) is 2. The van der Waals surface area contributed by atoms with Gasteiger partial charge in [-0.3, -0.25) is 4.99 Å². The highest BCUT2D eigenvalue weighted by Gasteiger charge is 2.36. The van der Waals surface area contributed by atoms with Crippen LogP contribution in [0.15, 0.2) is 28.9 Å². The van der Waals surface area contributed by atoms with Gasteiger partial charge in [-0.1, -0.05) is 19.9 Å². The lowest BCUT2D eigenvalue weighted by atomic mass is 9.80. The summed E-state index contributed by atoms with van der Waals surface area (Å²) in [4.78, 5) is 15.7. The molecule has 0 bridgehead atoms. The lowest BCUT2D eigenvalue weighted by molar-refractivity contribution is 0.00265. The second-order valence-electron chi connectivity index (χ2n) is 4.37. The molecule has 17 heavy (non-hydrogen) atoms. The molecule has 3 unspecified atom stereocenters. The van der Waals surface area contributed by atoms with E-state index in [2.05, 4.69) is 11.1 Å². The number of allylic oxidation sites excluding steroid dienone is 2. The Bertz CT molecular complexity index is 409. The number of aliphatic imine (C=N–C) groups is 1. The van der Waals surface area contributed by atoms with Crippen LogP contribution in [-0.2, 0) is 9.47 Å². The maximum Gasteiger partial charge on any atom is 0.508 e. The summed E-state index contributed by atoms with van der Waals surface area (Å²) in [5.74, 6) is 0.274. The molecule has 0 aromatic rings. The van der Waals surface area contributed by atoms with Crippen LogP contribution >= 0.6 is 0 Å². The molecule has 0 radical (unpaired) electrons. The van der Waals surface area contributed by atoms with E-state index in [1.165, 1.54) is 0 Å². The highest BCUT2D eigenvalue weighted by molar-refractivity contribution is 6.07. The number of hydrogen-bond acceptors (Lipinski definition) is 4. The molecular weight excluding hydrogens is 218 g/mol. The van der Waals surface area contributed by atoms with E-state index < -0.39 is 6.16 Å². The van der Waals surface area contributed by atoms with Gasteiger partial charge in [0, 0.05) is 18.0 Å². The predicted molar refractivity (Wildman–Crippen MR) is 64.9 cm³/mol. The number of hydrogen-bond donors (Lipinski definition) is 0. The summed E-state index contributed by atoms with van der Waals surface area (Å²) >= 11 is 0. The van der Waals surface area contributed by atoms with Gasteiger partial charge in [-0.05, 0) is 18.6 Å². The quantitative estimate of drug-likeness (QED) is 0.691. The van der Waals surface area contributed by atoms with Crippen molar-refractivity contribution in [2.45, 2.75) is 26.9 Å². The molecule has 4 heteroatoms. The van der Waals surface area contributed by atoms with Crippen molar-refractivity contribution in [2.75, 3.05) is 6.61 Å². The molecule has 1 aliphatic heterocycles. The van der Waals surface area contributed by atoms with Gasteiger partial charge in [0.15, 0.2) is 0 Å². The van der Waals surface area contributed by atoms with Crippen molar-refractivity contribution in [2.24, 2.45) is 16.8 Å². The minimum Gasteiger partial charge on any atom is -0.435 e. The van der Waals surface area contributed by atoms with Gasteiger partial charge in [0.25, 0.3) is 0 Å². The van der Waals surface area contributed by atoms with Crippen LogP contribution in [0.4, 0.5) is 4.79 Å². The third kappa shape index (κ3) is 2.25. The van der Waals surface area contributed by atoms with Crippen molar-refractivity contribution in [1.82, 2.24) is 0 Å². The summed E-state index contributed by atoms with van der Waals surface area (Å²) in [5.41, 5.74) is 2.14. The summed E-state index contributed by atoms with van der Waals surface area (Å²) in [7, 11) is 0. The van der Waals surface area contributed by atoms with Crippen molar-refractivity contribution in [3.8, 4) is 0 Å². The second-order valence-corrected chi connectivity index (χ2v) is 4.37. The Hall–Kier alpha value is -1.58. The van der Waals surface area contributed by atoms with Crippen molar-refractivity contribution in [1.29, 1.82) is 0 Å². The topological polar surface area (TPSA) is 47.9 Å². The summed E-state index contributed by atoms with van der Waals surface area (Å²) in [6.07, 6.45) is 5.07. The third-order valence-corrected chi connectivity index (χ3v) is 3.14. The molecule has 1 aliphatic carbocycles. The fraction of sp³-hybridized carbons (Fsp3) is 0.538. The van der Waals surface area contributed by atoms with Gasteiger partial charge in [0.05, 0.1) is 12.3 Å². The van der Waals surface area contributed by atoms with Crippen LogP contribution in [0.25, 0.3) is 0 Å².